The second-order valence-electron chi connectivity index (χ2n) is 7.13. The first kappa shape index (κ1) is 17.0. The average Bonchev–Trinajstić information content (AvgIpc) is 3.29. The number of amides is 1. The number of carbonyl (C=O) groups is 1. The summed E-state index contributed by atoms with van der Waals surface area (Å²) in [6.07, 6.45) is 2.33. The van der Waals surface area contributed by atoms with Crippen LogP contribution in [-0.4, -0.2) is 41.5 Å². The number of aromatic nitrogens is 5. The van der Waals surface area contributed by atoms with Crippen LogP contribution in [0.25, 0.3) is 10.8 Å². The lowest BCUT2D eigenvalue weighted by atomic mass is 10.1. The van der Waals surface area contributed by atoms with E-state index in [0.717, 1.165) is 35.3 Å². The predicted molar refractivity (Wildman–Crippen MR) is 102 cm³/mol. The molecule has 0 unspecified atom stereocenters. The topological polar surface area (TPSA) is 101 Å². The predicted octanol–water partition coefficient (Wildman–Crippen LogP) is 2.76. The lowest BCUT2D eigenvalue weighted by molar-refractivity contribution is 0.0638. The number of nitrogens with zero attached hydrogens (tertiary/aromatic N) is 7. The molecule has 9 heteroatoms. The third-order valence-electron chi connectivity index (χ3n) is 5.28. The van der Waals surface area contributed by atoms with Gasteiger partial charge >= 0.3 is 0 Å². The summed E-state index contributed by atoms with van der Waals surface area (Å²) in [5.41, 5.74) is 1.10. The third kappa shape index (κ3) is 2.77. The van der Waals surface area contributed by atoms with E-state index < -0.39 is 0 Å². The van der Waals surface area contributed by atoms with E-state index >= 15 is 0 Å². The highest BCUT2D eigenvalue weighted by molar-refractivity contribution is 7.09. The summed E-state index contributed by atoms with van der Waals surface area (Å²) >= 11 is 1.37. The first-order valence-electron chi connectivity index (χ1n) is 9.24. The normalized spacial score (nSPS) is 18.6. The van der Waals surface area contributed by atoms with Crippen molar-refractivity contribution in [1.29, 1.82) is 5.26 Å². The van der Waals surface area contributed by atoms with Crippen LogP contribution in [0.5, 0.6) is 0 Å². The van der Waals surface area contributed by atoms with Crippen LogP contribution in [0.4, 0.5) is 0 Å². The van der Waals surface area contributed by atoms with Crippen LogP contribution in [0.3, 0.4) is 0 Å². The van der Waals surface area contributed by atoms with Crippen molar-refractivity contribution in [1.82, 2.24) is 29.0 Å². The summed E-state index contributed by atoms with van der Waals surface area (Å²) in [6, 6.07) is 8.58. The Balaban J connectivity index is 1.41. The van der Waals surface area contributed by atoms with Gasteiger partial charge in [-0.1, -0.05) is 0 Å². The Morgan fingerprint density at radius 3 is 2.71 bits per heavy atom. The maximum Gasteiger partial charge on any atom is 0.254 e. The van der Waals surface area contributed by atoms with Crippen LogP contribution in [0.1, 0.15) is 59.3 Å². The summed E-state index contributed by atoms with van der Waals surface area (Å²) < 4.78 is 6.51. The average molecular weight is 391 g/mol. The van der Waals surface area contributed by atoms with Gasteiger partial charge in [-0.15, -0.1) is 10.2 Å². The Kier molecular flexibility index (Phi) is 3.94. The number of hydrogen-bond donors (Lipinski definition) is 0. The number of benzene rings is 1. The molecule has 0 saturated heterocycles. The molecule has 1 amide bonds. The van der Waals surface area contributed by atoms with Gasteiger partial charge in [0, 0.05) is 24.6 Å². The number of rotatable bonds is 3. The van der Waals surface area contributed by atoms with E-state index in [1.54, 1.807) is 29.2 Å². The lowest BCUT2D eigenvalue weighted by Crippen LogP contribution is -2.41. The van der Waals surface area contributed by atoms with E-state index in [-0.39, 0.29) is 11.9 Å². The molecule has 1 aliphatic carbocycles. The van der Waals surface area contributed by atoms with Crippen LogP contribution in [0, 0.1) is 11.3 Å². The molecule has 0 spiro atoms. The fourth-order valence-electron chi connectivity index (χ4n) is 3.51. The Morgan fingerprint density at radius 1 is 1.21 bits per heavy atom. The molecule has 1 aliphatic heterocycles. The van der Waals surface area contributed by atoms with Crippen LogP contribution < -0.4 is 0 Å². The number of fused-ring (bicyclic) bond motifs is 1. The van der Waals surface area contributed by atoms with E-state index in [9.17, 15) is 4.79 Å². The summed E-state index contributed by atoms with van der Waals surface area (Å²) in [4.78, 5) is 19.4. The molecule has 2 aliphatic rings. The van der Waals surface area contributed by atoms with Crippen molar-refractivity contribution < 1.29 is 4.79 Å². The van der Waals surface area contributed by atoms with Crippen molar-refractivity contribution in [3.63, 3.8) is 0 Å². The van der Waals surface area contributed by atoms with E-state index in [1.807, 2.05) is 11.5 Å². The van der Waals surface area contributed by atoms with Crippen molar-refractivity contribution in [2.45, 2.75) is 38.3 Å². The fourth-order valence-corrected chi connectivity index (χ4v) is 4.24. The minimum Gasteiger partial charge on any atom is -0.327 e. The minimum absolute atomic E-state index is 0.0697. The molecular formula is C19H17N7OS. The van der Waals surface area contributed by atoms with Gasteiger partial charge in [0.05, 0.1) is 17.7 Å². The molecule has 1 atom stereocenters. The van der Waals surface area contributed by atoms with Gasteiger partial charge < -0.3 is 9.47 Å². The van der Waals surface area contributed by atoms with Crippen LogP contribution >= 0.6 is 11.5 Å². The van der Waals surface area contributed by atoms with E-state index in [1.165, 1.54) is 11.5 Å². The van der Waals surface area contributed by atoms with Gasteiger partial charge in [-0.2, -0.15) is 9.64 Å². The minimum atomic E-state index is -0.200. The molecule has 3 heterocycles. The van der Waals surface area contributed by atoms with Crippen LogP contribution in [-0.2, 0) is 6.54 Å². The SMILES string of the molecule is C[C@@H]1c2nnc(-c3nc(C4CC4)ns3)n2CCN1C(=O)c1ccc(C#N)cc1. The number of hydrogen-bond acceptors (Lipinski definition) is 7. The zero-order valence-corrected chi connectivity index (χ0v) is 16.1. The maximum atomic E-state index is 12.9. The molecule has 1 saturated carbocycles. The van der Waals surface area contributed by atoms with Crippen molar-refractivity contribution >= 4 is 17.4 Å². The van der Waals surface area contributed by atoms with Crippen molar-refractivity contribution in [3.05, 3.63) is 47.0 Å². The number of carbonyl (C=O) groups excluding carboxylic acids is 1. The van der Waals surface area contributed by atoms with Gasteiger partial charge in [0.15, 0.2) is 16.7 Å². The van der Waals surface area contributed by atoms with Gasteiger partial charge in [-0.25, -0.2) is 4.98 Å². The van der Waals surface area contributed by atoms with Crippen LogP contribution in [0.2, 0.25) is 0 Å². The highest BCUT2D eigenvalue weighted by Crippen LogP contribution is 2.40. The molecule has 28 heavy (non-hydrogen) atoms. The first-order chi connectivity index (χ1) is 13.7. The molecule has 140 valence electrons. The summed E-state index contributed by atoms with van der Waals surface area (Å²) in [5.74, 6) is 2.84. The van der Waals surface area contributed by atoms with Gasteiger partial charge in [0.2, 0.25) is 0 Å². The zero-order chi connectivity index (χ0) is 19.3. The van der Waals surface area contributed by atoms with E-state index in [0.29, 0.717) is 30.1 Å². The molecule has 0 bridgehead atoms. The van der Waals surface area contributed by atoms with Crippen molar-refractivity contribution in [2.75, 3.05) is 6.54 Å². The van der Waals surface area contributed by atoms with Gasteiger partial charge in [-0.05, 0) is 55.6 Å². The quantitative estimate of drug-likeness (QED) is 0.680. The van der Waals surface area contributed by atoms with Gasteiger partial charge in [0.1, 0.15) is 5.82 Å². The molecule has 8 nitrogen and oxygen atoms in total. The molecule has 5 rings (SSSR count). The summed E-state index contributed by atoms with van der Waals surface area (Å²) in [6.45, 7) is 3.13. The zero-order valence-electron chi connectivity index (χ0n) is 15.2. The lowest BCUT2D eigenvalue weighted by Gasteiger charge is -2.33. The molecule has 0 N–H and O–H groups in total. The Morgan fingerprint density at radius 2 is 2.00 bits per heavy atom. The molecular weight excluding hydrogens is 374 g/mol. The smallest absolute Gasteiger partial charge is 0.254 e. The van der Waals surface area contributed by atoms with Crippen molar-refractivity contribution in [3.8, 4) is 16.9 Å². The van der Waals surface area contributed by atoms with Crippen LogP contribution in [0.15, 0.2) is 24.3 Å². The molecule has 2 aromatic heterocycles. The number of nitriles is 1. The maximum absolute atomic E-state index is 12.9. The Hall–Kier alpha value is -3.12. The summed E-state index contributed by atoms with van der Waals surface area (Å²) in [7, 11) is 0. The second-order valence-corrected chi connectivity index (χ2v) is 7.88. The highest BCUT2D eigenvalue weighted by Gasteiger charge is 2.34. The second kappa shape index (κ2) is 6.49. The first-order valence-corrected chi connectivity index (χ1v) is 10.0. The Bertz CT molecular complexity index is 1090. The largest absolute Gasteiger partial charge is 0.327 e. The van der Waals surface area contributed by atoms with E-state index in [4.69, 9.17) is 5.26 Å². The third-order valence-corrected chi connectivity index (χ3v) is 6.01. The van der Waals surface area contributed by atoms with Gasteiger partial charge in [-0.3, -0.25) is 4.79 Å². The Labute approximate surface area is 165 Å². The van der Waals surface area contributed by atoms with E-state index in [2.05, 4.69) is 25.6 Å². The molecule has 3 aromatic rings. The standard InChI is InChI=1S/C19H17N7OS/c1-11-16-22-23-17(18-21-15(24-28-18)13-6-7-13)26(16)9-8-25(11)19(27)14-4-2-12(10-20)3-5-14/h2-5,11,13H,6-9H2,1H3/t11-/m1/s1. The highest BCUT2D eigenvalue weighted by atomic mass is 32.1. The van der Waals surface area contributed by atoms with Gasteiger partial charge in [0.25, 0.3) is 5.91 Å². The molecule has 1 aromatic carbocycles. The van der Waals surface area contributed by atoms with Crippen molar-refractivity contribution in [2.24, 2.45) is 0 Å². The fraction of sp³-hybridized carbons (Fsp3) is 0.368. The monoisotopic (exact) mass is 391 g/mol. The summed E-state index contributed by atoms with van der Waals surface area (Å²) in [5, 5.41) is 18.4. The molecule has 1 fully saturated rings. The molecule has 0 radical (unpaired) electrons.